The summed E-state index contributed by atoms with van der Waals surface area (Å²) in [5.41, 5.74) is 0.789. The molecule has 0 aromatic carbocycles. The van der Waals surface area contributed by atoms with Gasteiger partial charge in [-0.3, -0.25) is 9.78 Å². The van der Waals surface area contributed by atoms with E-state index in [-0.39, 0.29) is 12.5 Å². The molecule has 2 heterocycles. The number of furan rings is 1. The van der Waals surface area contributed by atoms with E-state index in [1.165, 1.54) is 0 Å². The summed E-state index contributed by atoms with van der Waals surface area (Å²) in [5.74, 6) is 0.624. The highest BCUT2D eigenvalue weighted by Gasteiger charge is 2.02. The summed E-state index contributed by atoms with van der Waals surface area (Å²) in [6.07, 6.45) is 4.92. The molecule has 0 unspecified atom stereocenters. The van der Waals surface area contributed by atoms with Gasteiger partial charge < -0.3 is 15.1 Å². The summed E-state index contributed by atoms with van der Waals surface area (Å²) in [6, 6.07) is 5.45. The number of anilines is 1. The van der Waals surface area contributed by atoms with Crippen molar-refractivity contribution in [1.29, 1.82) is 0 Å². The third-order valence-electron chi connectivity index (χ3n) is 2.20. The predicted molar refractivity (Wildman–Crippen MR) is 71.0 cm³/mol. The summed E-state index contributed by atoms with van der Waals surface area (Å²) in [6.45, 7) is 0.586. The van der Waals surface area contributed by atoms with Gasteiger partial charge in [0.15, 0.2) is 0 Å². The number of pyridine rings is 1. The van der Waals surface area contributed by atoms with Crippen molar-refractivity contribution in [3.63, 3.8) is 0 Å². The van der Waals surface area contributed by atoms with E-state index in [9.17, 15) is 4.79 Å². The van der Waals surface area contributed by atoms with E-state index >= 15 is 0 Å². The van der Waals surface area contributed by atoms with Crippen molar-refractivity contribution >= 4 is 27.5 Å². The SMILES string of the molecule is O=C(CNc1cncc(Br)c1)NCc1ccco1. The van der Waals surface area contributed by atoms with Gasteiger partial charge in [0.05, 0.1) is 31.2 Å². The number of nitrogens with one attached hydrogen (secondary N) is 2. The van der Waals surface area contributed by atoms with E-state index in [4.69, 9.17) is 4.42 Å². The number of nitrogens with zero attached hydrogens (tertiary/aromatic N) is 1. The Balaban J connectivity index is 1.75. The maximum Gasteiger partial charge on any atom is 0.239 e. The van der Waals surface area contributed by atoms with Crippen LogP contribution in [0, 0.1) is 0 Å². The fourth-order valence-electron chi connectivity index (χ4n) is 1.35. The Morgan fingerprint density at radius 1 is 1.44 bits per heavy atom. The van der Waals surface area contributed by atoms with E-state index in [1.807, 2.05) is 12.1 Å². The number of amides is 1. The van der Waals surface area contributed by atoms with Crippen molar-refractivity contribution in [3.8, 4) is 0 Å². The Morgan fingerprint density at radius 3 is 3.06 bits per heavy atom. The first-order valence-electron chi connectivity index (χ1n) is 5.37. The van der Waals surface area contributed by atoms with E-state index in [2.05, 4.69) is 31.5 Å². The Labute approximate surface area is 113 Å². The molecule has 0 radical (unpaired) electrons. The standard InChI is InChI=1S/C12H12BrN3O2/c13-9-4-10(6-14-5-9)15-8-12(17)16-7-11-2-1-3-18-11/h1-6,15H,7-8H2,(H,16,17). The molecular formula is C12H12BrN3O2. The first-order chi connectivity index (χ1) is 8.74. The number of aromatic nitrogens is 1. The molecule has 18 heavy (non-hydrogen) atoms. The van der Waals surface area contributed by atoms with Gasteiger partial charge in [-0.15, -0.1) is 0 Å². The average molecular weight is 310 g/mol. The van der Waals surface area contributed by atoms with Crippen molar-refractivity contribution < 1.29 is 9.21 Å². The van der Waals surface area contributed by atoms with Crippen LogP contribution in [0.15, 0.2) is 45.7 Å². The Kier molecular flexibility index (Phi) is 4.35. The molecule has 2 rings (SSSR count). The molecule has 6 heteroatoms. The molecule has 0 spiro atoms. The second-order valence-corrected chi connectivity index (χ2v) is 4.52. The van der Waals surface area contributed by atoms with Gasteiger partial charge in [-0.05, 0) is 34.1 Å². The number of carbonyl (C=O) groups is 1. The van der Waals surface area contributed by atoms with Gasteiger partial charge in [-0.1, -0.05) is 0 Å². The van der Waals surface area contributed by atoms with E-state index in [1.54, 1.807) is 24.7 Å². The van der Waals surface area contributed by atoms with E-state index < -0.39 is 0 Å². The topological polar surface area (TPSA) is 67.2 Å². The van der Waals surface area contributed by atoms with Gasteiger partial charge >= 0.3 is 0 Å². The van der Waals surface area contributed by atoms with Gasteiger partial charge in [0.25, 0.3) is 0 Å². The van der Waals surface area contributed by atoms with E-state index in [0.717, 1.165) is 15.9 Å². The van der Waals surface area contributed by atoms with Crippen LogP contribution in [-0.4, -0.2) is 17.4 Å². The molecule has 1 amide bonds. The summed E-state index contributed by atoms with van der Waals surface area (Å²) < 4.78 is 5.98. The van der Waals surface area contributed by atoms with Crippen LogP contribution < -0.4 is 10.6 Å². The molecule has 0 aliphatic heterocycles. The highest BCUT2D eigenvalue weighted by Crippen LogP contribution is 2.12. The quantitative estimate of drug-likeness (QED) is 0.888. The van der Waals surface area contributed by atoms with Crippen LogP contribution in [0.5, 0.6) is 0 Å². The lowest BCUT2D eigenvalue weighted by Crippen LogP contribution is -2.29. The molecular weight excluding hydrogens is 298 g/mol. The largest absolute Gasteiger partial charge is 0.467 e. The molecule has 0 fully saturated rings. The first-order valence-corrected chi connectivity index (χ1v) is 6.17. The average Bonchev–Trinajstić information content (AvgIpc) is 2.87. The van der Waals surface area contributed by atoms with Crippen LogP contribution in [0.4, 0.5) is 5.69 Å². The lowest BCUT2D eigenvalue weighted by Gasteiger charge is -2.06. The van der Waals surface area contributed by atoms with Gasteiger partial charge in [-0.25, -0.2) is 0 Å². The first kappa shape index (κ1) is 12.6. The van der Waals surface area contributed by atoms with E-state index in [0.29, 0.717) is 6.54 Å². The Hall–Kier alpha value is -1.82. The van der Waals surface area contributed by atoms with Crippen LogP contribution >= 0.6 is 15.9 Å². The smallest absolute Gasteiger partial charge is 0.239 e. The fraction of sp³-hybridized carbons (Fsp3) is 0.167. The van der Waals surface area contributed by atoms with Crippen LogP contribution in [-0.2, 0) is 11.3 Å². The number of halogens is 1. The maximum absolute atomic E-state index is 11.5. The highest BCUT2D eigenvalue weighted by atomic mass is 79.9. The van der Waals surface area contributed by atoms with Gasteiger partial charge in [0, 0.05) is 10.7 Å². The monoisotopic (exact) mass is 309 g/mol. The third kappa shape index (κ3) is 3.89. The fourth-order valence-corrected chi connectivity index (χ4v) is 1.72. The summed E-state index contributed by atoms with van der Waals surface area (Å²) in [5, 5.41) is 5.72. The lowest BCUT2D eigenvalue weighted by atomic mass is 10.4. The molecule has 2 N–H and O–H groups in total. The van der Waals surface area contributed by atoms with Crippen LogP contribution in [0.3, 0.4) is 0 Å². The second kappa shape index (κ2) is 6.20. The summed E-state index contributed by atoms with van der Waals surface area (Å²) in [4.78, 5) is 15.5. The second-order valence-electron chi connectivity index (χ2n) is 3.60. The molecule has 5 nitrogen and oxygen atoms in total. The van der Waals surface area contributed by atoms with Gasteiger partial charge in [0.2, 0.25) is 5.91 Å². The minimum absolute atomic E-state index is 0.105. The zero-order valence-corrected chi connectivity index (χ0v) is 11.1. The number of hydrogen-bond donors (Lipinski definition) is 2. The Morgan fingerprint density at radius 2 is 2.33 bits per heavy atom. The predicted octanol–water partition coefficient (Wildman–Crippen LogP) is 2.17. The molecule has 0 saturated heterocycles. The minimum atomic E-state index is -0.105. The normalized spacial score (nSPS) is 10.1. The minimum Gasteiger partial charge on any atom is -0.467 e. The molecule has 0 aliphatic rings. The maximum atomic E-state index is 11.5. The summed E-state index contributed by atoms with van der Waals surface area (Å²) in [7, 11) is 0. The summed E-state index contributed by atoms with van der Waals surface area (Å²) >= 11 is 3.31. The lowest BCUT2D eigenvalue weighted by molar-refractivity contribution is -0.119. The van der Waals surface area contributed by atoms with Crippen molar-refractivity contribution in [1.82, 2.24) is 10.3 Å². The van der Waals surface area contributed by atoms with Crippen LogP contribution in [0.1, 0.15) is 5.76 Å². The van der Waals surface area contributed by atoms with Crippen molar-refractivity contribution in [2.45, 2.75) is 6.54 Å². The van der Waals surface area contributed by atoms with Gasteiger partial charge in [-0.2, -0.15) is 0 Å². The molecule has 0 bridgehead atoms. The molecule has 0 aliphatic carbocycles. The van der Waals surface area contributed by atoms with Crippen molar-refractivity contribution in [3.05, 3.63) is 47.1 Å². The van der Waals surface area contributed by atoms with Gasteiger partial charge in [0.1, 0.15) is 5.76 Å². The third-order valence-corrected chi connectivity index (χ3v) is 2.63. The van der Waals surface area contributed by atoms with Crippen LogP contribution in [0.25, 0.3) is 0 Å². The number of carbonyl (C=O) groups excluding carboxylic acids is 1. The number of rotatable bonds is 5. The van der Waals surface area contributed by atoms with Crippen molar-refractivity contribution in [2.24, 2.45) is 0 Å². The van der Waals surface area contributed by atoms with Crippen LogP contribution in [0.2, 0.25) is 0 Å². The molecule has 94 valence electrons. The molecule has 2 aromatic rings. The zero-order valence-electron chi connectivity index (χ0n) is 9.52. The van der Waals surface area contributed by atoms with Crippen molar-refractivity contribution in [2.75, 3.05) is 11.9 Å². The molecule has 0 atom stereocenters. The zero-order chi connectivity index (χ0) is 12.8. The molecule has 2 aromatic heterocycles. The highest BCUT2D eigenvalue weighted by molar-refractivity contribution is 9.10. The Bertz CT molecular complexity index is 514. The molecule has 0 saturated carbocycles. The number of hydrogen-bond acceptors (Lipinski definition) is 4.